The third kappa shape index (κ3) is 3.36. The van der Waals surface area contributed by atoms with Crippen molar-refractivity contribution in [3.05, 3.63) is 95.3 Å². The monoisotopic (exact) mass is 432 g/mol. The third-order valence-electron chi connectivity index (χ3n) is 6.69. The van der Waals surface area contributed by atoms with Crippen molar-refractivity contribution in [2.45, 2.75) is 24.5 Å². The van der Waals surface area contributed by atoms with Crippen LogP contribution in [0.5, 0.6) is 5.75 Å². The number of para-hydroxylation sites is 2. The summed E-state index contributed by atoms with van der Waals surface area (Å²) in [5.41, 5.74) is 3.45. The van der Waals surface area contributed by atoms with Crippen LogP contribution in [0.25, 0.3) is 0 Å². The summed E-state index contributed by atoms with van der Waals surface area (Å²) in [6, 6.07) is 21.6. The van der Waals surface area contributed by atoms with Gasteiger partial charge in [-0.1, -0.05) is 42.5 Å². The topological polar surface area (TPSA) is 53.0 Å². The van der Waals surface area contributed by atoms with Crippen LogP contribution in [0.1, 0.15) is 27.4 Å². The summed E-state index contributed by atoms with van der Waals surface area (Å²) in [4.78, 5) is 17.6. The first kappa shape index (κ1) is 20.7. The molecule has 3 atom stereocenters. The predicted octanol–water partition coefficient (Wildman–Crippen LogP) is 3.82. The maximum atomic E-state index is 13.6. The van der Waals surface area contributed by atoms with E-state index in [-0.39, 0.29) is 36.3 Å². The van der Waals surface area contributed by atoms with Crippen molar-refractivity contribution in [2.24, 2.45) is 0 Å². The molecule has 0 bridgehead atoms. The van der Waals surface area contributed by atoms with Gasteiger partial charge in [0, 0.05) is 36.8 Å². The van der Waals surface area contributed by atoms with Crippen molar-refractivity contribution in [2.75, 3.05) is 25.2 Å². The van der Waals surface area contributed by atoms with Crippen LogP contribution >= 0.6 is 0 Å². The van der Waals surface area contributed by atoms with Crippen molar-refractivity contribution in [1.82, 2.24) is 4.90 Å². The number of carbonyl (C=O) groups excluding carboxylic acids is 1. The van der Waals surface area contributed by atoms with Crippen LogP contribution in [0.3, 0.4) is 0 Å². The second-order valence-corrected chi connectivity index (χ2v) is 8.32. The molecule has 6 heteroatoms. The Bertz CT molecular complexity index is 1130. The molecule has 1 saturated heterocycles. The molecule has 3 aromatic rings. The fourth-order valence-corrected chi connectivity index (χ4v) is 5.16. The second-order valence-electron chi connectivity index (χ2n) is 8.32. The molecule has 1 amide bonds. The zero-order chi connectivity index (χ0) is 22.2. The Morgan fingerprint density at radius 1 is 1.06 bits per heavy atom. The van der Waals surface area contributed by atoms with Gasteiger partial charge < -0.3 is 14.7 Å². The van der Waals surface area contributed by atoms with E-state index in [2.05, 4.69) is 4.90 Å². The number of likely N-dealkylation sites (tertiary alicyclic amines) is 1. The van der Waals surface area contributed by atoms with Crippen molar-refractivity contribution in [3.8, 4) is 5.75 Å². The molecule has 2 heterocycles. The van der Waals surface area contributed by atoms with Crippen LogP contribution in [0, 0.1) is 5.82 Å². The van der Waals surface area contributed by atoms with Gasteiger partial charge in [0.2, 0.25) is 0 Å². The van der Waals surface area contributed by atoms with Gasteiger partial charge in [0.25, 0.3) is 5.91 Å². The maximum Gasteiger partial charge on any atom is 0.262 e. The van der Waals surface area contributed by atoms with Crippen LogP contribution < -0.4 is 9.64 Å². The summed E-state index contributed by atoms with van der Waals surface area (Å²) >= 11 is 0. The highest BCUT2D eigenvalue weighted by Crippen LogP contribution is 2.49. The number of hydrogen-bond acceptors (Lipinski definition) is 4. The summed E-state index contributed by atoms with van der Waals surface area (Å²) in [7, 11) is 1.56. The molecule has 1 N–H and O–H groups in total. The number of aliphatic hydroxyl groups excluding tert-OH is 1. The van der Waals surface area contributed by atoms with Gasteiger partial charge in [0.1, 0.15) is 11.6 Å². The van der Waals surface area contributed by atoms with E-state index in [9.17, 15) is 14.3 Å². The number of hydrogen-bond donors (Lipinski definition) is 1. The van der Waals surface area contributed by atoms with E-state index in [1.54, 1.807) is 31.4 Å². The SMILES string of the molecule is COc1ccccc1C(=O)N1C[C@@H]2[C@H](c3ccccc31)[C@H](CO)N2Cc1ccc(F)cc1. The van der Waals surface area contributed by atoms with Gasteiger partial charge in [0.15, 0.2) is 0 Å². The zero-order valence-corrected chi connectivity index (χ0v) is 17.8. The van der Waals surface area contributed by atoms with Gasteiger partial charge in [-0.05, 0) is 41.5 Å². The minimum atomic E-state index is -0.269. The van der Waals surface area contributed by atoms with Crippen molar-refractivity contribution in [3.63, 3.8) is 0 Å². The number of carbonyl (C=O) groups is 1. The number of ether oxygens (including phenoxy) is 1. The normalized spacial score (nSPS) is 22.0. The summed E-state index contributed by atoms with van der Waals surface area (Å²) in [5, 5.41) is 10.2. The van der Waals surface area contributed by atoms with Gasteiger partial charge in [-0.25, -0.2) is 4.39 Å². The lowest BCUT2D eigenvalue weighted by Gasteiger charge is -2.59. The number of rotatable bonds is 5. The number of fused-ring (bicyclic) bond motifs is 3. The first-order chi connectivity index (χ1) is 15.6. The van der Waals surface area contributed by atoms with E-state index < -0.39 is 0 Å². The molecule has 5 nitrogen and oxygen atoms in total. The van der Waals surface area contributed by atoms with Gasteiger partial charge in [-0.3, -0.25) is 9.69 Å². The highest BCUT2D eigenvalue weighted by Gasteiger charge is 2.53. The van der Waals surface area contributed by atoms with E-state index >= 15 is 0 Å². The number of nitrogens with zero attached hydrogens (tertiary/aromatic N) is 2. The van der Waals surface area contributed by atoms with Gasteiger partial charge >= 0.3 is 0 Å². The quantitative estimate of drug-likeness (QED) is 0.666. The van der Waals surface area contributed by atoms with E-state index in [0.717, 1.165) is 16.8 Å². The molecular weight excluding hydrogens is 407 g/mol. The molecule has 0 spiro atoms. The van der Waals surface area contributed by atoms with Crippen LogP contribution in [-0.2, 0) is 6.54 Å². The number of benzene rings is 3. The molecule has 2 aliphatic heterocycles. The first-order valence-corrected chi connectivity index (χ1v) is 10.8. The van der Waals surface area contributed by atoms with Crippen LogP contribution in [0.2, 0.25) is 0 Å². The number of methoxy groups -OCH3 is 1. The van der Waals surface area contributed by atoms with Gasteiger partial charge in [-0.15, -0.1) is 0 Å². The Labute approximate surface area is 186 Å². The number of anilines is 1. The van der Waals surface area contributed by atoms with Crippen molar-refractivity contribution < 1.29 is 19.0 Å². The molecule has 0 aliphatic carbocycles. The van der Waals surface area contributed by atoms with Crippen LogP contribution in [0.15, 0.2) is 72.8 Å². The summed E-state index contributed by atoms with van der Waals surface area (Å²) in [5.74, 6) is 0.303. The summed E-state index contributed by atoms with van der Waals surface area (Å²) < 4.78 is 18.8. The fraction of sp³-hybridized carbons (Fsp3) is 0.269. The number of amides is 1. The lowest BCUT2D eigenvalue weighted by molar-refractivity contribution is -0.0488. The minimum Gasteiger partial charge on any atom is -0.496 e. The highest BCUT2D eigenvalue weighted by atomic mass is 19.1. The Kier molecular flexibility index (Phi) is 5.41. The zero-order valence-electron chi connectivity index (χ0n) is 17.8. The minimum absolute atomic E-state index is 0.0250. The number of halogens is 1. The Hall–Kier alpha value is -3.22. The fourth-order valence-electron chi connectivity index (χ4n) is 5.16. The van der Waals surface area contributed by atoms with Crippen molar-refractivity contribution >= 4 is 11.6 Å². The predicted molar refractivity (Wildman–Crippen MR) is 120 cm³/mol. The van der Waals surface area contributed by atoms with E-state index in [1.165, 1.54) is 12.1 Å². The standard InChI is InChI=1S/C26H25FN2O3/c1-32-24-9-5-3-7-20(24)26(31)29-15-22-25(19-6-2-4-8-21(19)29)23(16-30)28(22)14-17-10-12-18(27)13-11-17/h2-13,22-23,25,30H,14-16H2,1H3/t22-,23+,25+/m1/s1. The van der Waals surface area contributed by atoms with Crippen molar-refractivity contribution in [1.29, 1.82) is 0 Å². The second kappa shape index (κ2) is 8.37. The van der Waals surface area contributed by atoms with Crippen LogP contribution in [-0.4, -0.2) is 48.3 Å². The third-order valence-corrected chi connectivity index (χ3v) is 6.69. The largest absolute Gasteiger partial charge is 0.496 e. The maximum absolute atomic E-state index is 13.6. The van der Waals surface area contributed by atoms with E-state index in [4.69, 9.17) is 4.74 Å². The average molecular weight is 432 g/mol. The van der Waals surface area contributed by atoms with Crippen LogP contribution in [0.4, 0.5) is 10.1 Å². The molecule has 164 valence electrons. The number of aliphatic hydroxyl groups is 1. The van der Waals surface area contributed by atoms with E-state index in [0.29, 0.717) is 24.4 Å². The average Bonchev–Trinajstić information content (AvgIpc) is 2.83. The summed E-state index contributed by atoms with van der Waals surface area (Å²) in [6.45, 7) is 1.12. The molecule has 0 unspecified atom stereocenters. The Balaban J connectivity index is 1.50. The summed E-state index contributed by atoms with van der Waals surface area (Å²) in [6.07, 6.45) is 0. The smallest absolute Gasteiger partial charge is 0.262 e. The molecule has 1 fully saturated rings. The lowest BCUT2D eigenvalue weighted by Crippen LogP contribution is -2.68. The first-order valence-electron chi connectivity index (χ1n) is 10.8. The molecule has 0 aromatic heterocycles. The Morgan fingerprint density at radius 3 is 2.53 bits per heavy atom. The van der Waals surface area contributed by atoms with Gasteiger partial charge in [-0.2, -0.15) is 0 Å². The van der Waals surface area contributed by atoms with Gasteiger partial charge in [0.05, 0.1) is 19.3 Å². The van der Waals surface area contributed by atoms with E-state index in [1.807, 2.05) is 41.3 Å². The molecular formula is C26H25FN2O3. The Morgan fingerprint density at radius 2 is 1.78 bits per heavy atom. The molecule has 0 saturated carbocycles. The molecule has 5 rings (SSSR count). The molecule has 2 aliphatic rings. The molecule has 3 aromatic carbocycles. The lowest BCUT2D eigenvalue weighted by atomic mass is 9.71. The molecule has 0 radical (unpaired) electrons. The highest BCUT2D eigenvalue weighted by molar-refractivity contribution is 6.08. The molecule has 32 heavy (non-hydrogen) atoms.